The van der Waals surface area contributed by atoms with Crippen LogP contribution in [-0.4, -0.2) is 58.7 Å². The molecule has 2 fully saturated rings. The lowest BCUT2D eigenvalue weighted by molar-refractivity contribution is -0.132. The van der Waals surface area contributed by atoms with Gasteiger partial charge >= 0.3 is 0 Å². The van der Waals surface area contributed by atoms with Crippen LogP contribution in [0.1, 0.15) is 17.5 Å². The Morgan fingerprint density at radius 3 is 2.39 bits per heavy atom. The van der Waals surface area contributed by atoms with Crippen LogP contribution in [0.3, 0.4) is 0 Å². The first-order chi connectivity index (χ1) is 15.0. The zero-order valence-electron chi connectivity index (χ0n) is 17.5. The highest BCUT2D eigenvalue weighted by Gasteiger charge is 2.32. The first kappa shape index (κ1) is 21.6. The SMILES string of the molecule is Cc1ccc(/C=C2/SC(=S)N(CCC(=O)N3CCN(c4ccccc4)CC3)C2=O)cc1. The van der Waals surface area contributed by atoms with Crippen molar-refractivity contribution in [2.45, 2.75) is 13.3 Å². The predicted molar refractivity (Wildman–Crippen MR) is 131 cm³/mol. The molecule has 31 heavy (non-hydrogen) atoms. The van der Waals surface area contributed by atoms with E-state index in [9.17, 15) is 9.59 Å². The van der Waals surface area contributed by atoms with Crippen LogP contribution in [-0.2, 0) is 9.59 Å². The normalized spacial score (nSPS) is 18.2. The number of hydrogen-bond donors (Lipinski definition) is 0. The number of hydrogen-bond acceptors (Lipinski definition) is 5. The van der Waals surface area contributed by atoms with Gasteiger partial charge in [-0.25, -0.2) is 0 Å². The van der Waals surface area contributed by atoms with Gasteiger partial charge in [-0.1, -0.05) is 72.0 Å². The molecule has 2 aliphatic heterocycles. The summed E-state index contributed by atoms with van der Waals surface area (Å²) in [7, 11) is 0. The van der Waals surface area contributed by atoms with E-state index in [1.807, 2.05) is 60.4 Å². The fourth-order valence-corrected chi connectivity index (χ4v) is 5.03. The van der Waals surface area contributed by atoms with Crippen molar-refractivity contribution in [3.63, 3.8) is 0 Å². The van der Waals surface area contributed by atoms with Gasteiger partial charge in [0, 0.05) is 44.8 Å². The van der Waals surface area contributed by atoms with Crippen LogP contribution in [0, 0.1) is 6.92 Å². The maximum Gasteiger partial charge on any atom is 0.266 e. The summed E-state index contributed by atoms with van der Waals surface area (Å²) in [5.74, 6) is -0.0402. The highest BCUT2D eigenvalue weighted by molar-refractivity contribution is 8.26. The predicted octanol–water partition coefficient (Wildman–Crippen LogP) is 3.94. The van der Waals surface area contributed by atoms with Gasteiger partial charge in [0.05, 0.1) is 4.91 Å². The number of anilines is 1. The van der Waals surface area contributed by atoms with Gasteiger partial charge in [0.1, 0.15) is 4.32 Å². The van der Waals surface area contributed by atoms with E-state index in [-0.39, 0.29) is 18.2 Å². The Labute approximate surface area is 192 Å². The maximum atomic E-state index is 12.8. The quantitative estimate of drug-likeness (QED) is 0.509. The van der Waals surface area contributed by atoms with E-state index in [1.165, 1.54) is 23.0 Å². The number of rotatable bonds is 5. The van der Waals surface area contributed by atoms with Crippen LogP contribution in [0.2, 0.25) is 0 Å². The van der Waals surface area contributed by atoms with Gasteiger partial charge in [0.15, 0.2) is 0 Å². The summed E-state index contributed by atoms with van der Waals surface area (Å²) in [6, 6.07) is 18.3. The Kier molecular flexibility index (Phi) is 6.73. The molecule has 0 spiro atoms. The Morgan fingerprint density at radius 2 is 1.71 bits per heavy atom. The fourth-order valence-electron chi connectivity index (χ4n) is 3.73. The maximum absolute atomic E-state index is 12.8. The molecule has 0 unspecified atom stereocenters. The smallest absolute Gasteiger partial charge is 0.266 e. The molecule has 2 aromatic rings. The molecule has 2 heterocycles. The van der Waals surface area contributed by atoms with Gasteiger partial charge in [-0.05, 0) is 30.7 Å². The highest BCUT2D eigenvalue weighted by atomic mass is 32.2. The van der Waals surface area contributed by atoms with Crippen LogP contribution < -0.4 is 4.90 Å². The topological polar surface area (TPSA) is 43.9 Å². The Morgan fingerprint density at radius 1 is 1.03 bits per heavy atom. The van der Waals surface area contributed by atoms with Crippen molar-refractivity contribution in [2.24, 2.45) is 0 Å². The first-order valence-electron chi connectivity index (χ1n) is 10.4. The molecule has 2 aromatic carbocycles. The summed E-state index contributed by atoms with van der Waals surface area (Å²) in [4.78, 5) is 31.9. The number of thioether (sulfide) groups is 1. The minimum absolute atomic E-state index is 0.0734. The van der Waals surface area contributed by atoms with E-state index >= 15 is 0 Å². The molecule has 0 radical (unpaired) electrons. The third kappa shape index (κ3) is 5.17. The minimum Gasteiger partial charge on any atom is -0.368 e. The molecule has 2 amide bonds. The lowest BCUT2D eigenvalue weighted by Crippen LogP contribution is -2.49. The molecule has 0 N–H and O–H groups in total. The number of carbonyl (C=O) groups is 2. The molecule has 0 aromatic heterocycles. The summed E-state index contributed by atoms with van der Waals surface area (Å²) in [5, 5.41) is 0. The number of nitrogens with zero attached hydrogens (tertiary/aromatic N) is 3. The number of para-hydroxylation sites is 1. The van der Waals surface area contributed by atoms with E-state index in [0.29, 0.717) is 28.9 Å². The lowest BCUT2D eigenvalue weighted by Gasteiger charge is -2.36. The Hall–Kier alpha value is -2.64. The van der Waals surface area contributed by atoms with Crippen molar-refractivity contribution in [3.8, 4) is 0 Å². The summed E-state index contributed by atoms with van der Waals surface area (Å²) >= 11 is 6.71. The van der Waals surface area contributed by atoms with Crippen LogP contribution in [0.15, 0.2) is 59.5 Å². The van der Waals surface area contributed by atoms with E-state index < -0.39 is 0 Å². The van der Waals surface area contributed by atoms with Gasteiger partial charge in [0.25, 0.3) is 5.91 Å². The molecule has 0 aliphatic carbocycles. The van der Waals surface area contributed by atoms with Gasteiger partial charge < -0.3 is 9.80 Å². The fraction of sp³-hybridized carbons (Fsp3) is 0.292. The summed E-state index contributed by atoms with van der Waals surface area (Å²) in [6.45, 7) is 5.38. The van der Waals surface area contributed by atoms with Crippen LogP contribution in [0.5, 0.6) is 0 Å². The second-order valence-corrected chi connectivity index (χ2v) is 9.37. The third-order valence-electron chi connectivity index (χ3n) is 5.55. The molecule has 2 aliphatic rings. The average molecular weight is 452 g/mol. The Balaban J connectivity index is 1.30. The first-order valence-corrected chi connectivity index (χ1v) is 11.6. The number of thiocarbonyl (C=S) groups is 1. The van der Waals surface area contributed by atoms with Crippen LogP contribution in [0.4, 0.5) is 5.69 Å². The number of amides is 2. The monoisotopic (exact) mass is 451 g/mol. The molecular formula is C24H25N3O2S2. The van der Waals surface area contributed by atoms with E-state index in [4.69, 9.17) is 12.2 Å². The van der Waals surface area contributed by atoms with E-state index in [1.54, 1.807) is 4.90 Å². The highest BCUT2D eigenvalue weighted by Crippen LogP contribution is 2.32. The van der Waals surface area contributed by atoms with Crippen LogP contribution in [0.25, 0.3) is 6.08 Å². The molecule has 4 rings (SSSR count). The average Bonchev–Trinajstić information content (AvgIpc) is 3.06. The number of piperazine rings is 1. The summed E-state index contributed by atoms with van der Waals surface area (Å²) < 4.78 is 0.519. The van der Waals surface area contributed by atoms with Gasteiger partial charge in [-0.15, -0.1) is 0 Å². The largest absolute Gasteiger partial charge is 0.368 e. The molecule has 7 heteroatoms. The molecule has 5 nitrogen and oxygen atoms in total. The molecule has 0 atom stereocenters. The molecule has 160 valence electrons. The van der Waals surface area contributed by atoms with E-state index in [0.717, 1.165) is 18.7 Å². The summed E-state index contributed by atoms with van der Waals surface area (Å²) in [6.07, 6.45) is 2.15. The van der Waals surface area contributed by atoms with Crippen molar-refractivity contribution in [3.05, 3.63) is 70.6 Å². The Bertz CT molecular complexity index is 997. The van der Waals surface area contributed by atoms with Crippen LogP contribution >= 0.6 is 24.0 Å². The van der Waals surface area contributed by atoms with Crippen molar-refractivity contribution >= 4 is 51.9 Å². The molecular weight excluding hydrogens is 426 g/mol. The van der Waals surface area contributed by atoms with Crippen molar-refractivity contribution < 1.29 is 9.59 Å². The summed E-state index contributed by atoms with van der Waals surface area (Å²) in [5.41, 5.74) is 3.33. The van der Waals surface area contributed by atoms with Crippen molar-refractivity contribution in [1.82, 2.24) is 9.80 Å². The number of carbonyl (C=O) groups excluding carboxylic acids is 2. The minimum atomic E-state index is -0.114. The standard InChI is InChI=1S/C24H25N3O2S2/c1-18-7-9-19(10-8-18)17-21-23(29)27(24(30)31-21)12-11-22(28)26-15-13-25(14-16-26)20-5-3-2-4-6-20/h2-10,17H,11-16H2,1H3/b21-17+. The second kappa shape index (κ2) is 9.66. The van der Waals surface area contributed by atoms with E-state index in [2.05, 4.69) is 17.0 Å². The van der Waals surface area contributed by atoms with Gasteiger partial charge in [0.2, 0.25) is 5.91 Å². The number of aryl methyl sites for hydroxylation is 1. The zero-order chi connectivity index (χ0) is 21.8. The second-order valence-electron chi connectivity index (χ2n) is 7.70. The zero-order valence-corrected chi connectivity index (χ0v) is 19.1. The molecule has 0 saturated carbocycles. The molecule has 2 saturated heterocycles. The van der Waals surface area contributed by atoms with Crippen molar-refractivity contribution in [1.29, 1.82) is 0 Å². The van der Waals surface area contributed by atoms with Gasteiger partial charge in [-0.3, -0.25) is 14.5 Å². The third-order valence-corrected chi connectivity index (χ3v) is 6.93. The van der Waals surface area contributed by atoms with Crippen molar-refractivity contribution in [2.75, 3.05) is 37.6 Å². The van der Waals surface area contributed by atoms with Gasteiger partial charge in [-0.2, -0.15) is 0 Å². The molecule has 0 bridgehead atoms. The number of benzene rings is 2. The lowest BCUT2D eigenvalue weighted by atomic mass is 10.1.